The van der Waals surface area contributed by atoms with Gasteiger partial charge in [0.2, 0.25) is 0 Å². The van der Waals surface area contributed by atoms with Crippen molar-refractivity contribution in [1.82, 2.24) is 0 Å². The molecule has 0 aromatic rings. The van der Waals surface area contributed by atoms with Crippen molar-refractivity contribution in [3.8, 4) is 0 Å². The monoisotopic (exact) mass is 191 g/mol. The maximum absolute atomic E-state index is 9.06. The van der Waals surface area contributed by atoms with Gasteiger partial charge in [-0.3, -0.25) is 4.79 Å². The van der Waals surface area contributed by atoms with E-state index in [1.54, 1.807) is 0 Å². The van der Waals surface area contributed by atoms with Gasteiger partial charge < -0.3 is 21.1 Å². The number of carbonyl (C=O) groups is 1. The molecule has 13 heavy (non-hydrogen) atoms. The number of hydrogen-bond acceptors (Lipinski definition) is 4. The first-order chi connectivity index (χ1) is 5.95. The molecule has 3 atom stereocenters. The van der Waals surface area contributed by atoms with E-state index in [0.717, 1.165) is 26.2 Å². The highest BCUT2D eigenvalue weighted by Crippen LogP contribution is 2.16. The molecule has 1 aliphatic carbocycles. The Hall–Kier alpha value is -0.650. The van der Waals surface area contributed by atoms with E-state index in [1.165, 1.54) is 0 Å². The van der Waals surface area contributed by atoms with Crippen LogP contribution in [0.2, 0.25) is 0 Å². The van der Waals surface area contributed by atoms with Crippen LogP contribution in [-0.2, 0) is 4.79 Å². The highest BCUT2D eigenvalue weighted by atomic mass is 16.4. The minimum Gasteiger partial charge on any atom is -0.481 e. The third kappa shape index (κ3) is 5.57. The lowest BCUT2D eigenvalue weighted by atomic mass is 9.91. The van der Waals surface area contributed by atoms with E-state index in [9.17, 15) is 0 Å². The number of aliphatic hydroxyl groups excluding tert-OH is 2. The molecule has 0 heterocycles. The summed E-state index contributed by atoms with van der Waals surface area (Å²) < 4.78 is 0. The number of nitrogens with two attached hydrogens (primary N) is 1. The third-order valence-electron chi connectivity index (χ3n) is 1.89. The molecule has 0 saturated heterocycles. The van der Waals surface area contributed by atoms with Gasteiger partial charge >= 0.3 is 0 Å². The van der Waals surface area contributed by atoms with E-state index in [0.29, 0.717) is 0 Å². The molecule has 0 radical (unpaired) electrons. The van der Waals surface area contributed by atoms with Crippen molar-refractivity contribution in [3.05, 3.63) is 0 Å². The first-order valence-corrected chi connectivity index (χ1v) is 4.26. The van der Waals surface area contributed by atoms with Crippen LogP contribution in [0.1, 0.15) is 26.2 Å². The molecular formula is C8H17NO4. The Morgan fingerprint density at radius 2 is 1.62 bits per heavy atom. The van der Waals surface area contributed by atoms with Gasteiger partial charge in [-0.15, -0.1) is 0 Å². The quantitative estimate of drug-likeness (QED) is 0.406. The van der Waals surface area contributed by atoms with Crippen molar-refractivity contribution >= 4 is 5.97 Å². The normalized spacial score (nSPS) is 33.1. The van der Waals surface area contributed by atoms with Crippen molar-refractivity contribution in [2.45, 2.75) is 44.4 Å². The molecule has 0 spiro atoms. The Balaban J connectivity index is 0.000000310. The van der Waals surface area contributed by atoms with Crippen LogP contribution in [-0.4, -0.2) is 39.5 Å². The second-order valence-electron chi connectivity index (χ2n) is 3.16. The van der Waals surface area contributed by atoms with Gasteiger partial charge in [0.15, 0.2) is 0 Å². The van der Waals surface area contributed by atoms with E-state index >= 15 is 0 Å². The van der Waals surface area contributed by atoms with Gasteiger partial charge in [0, 0.05) is 6.92 Å². The Morgan fingerprint density at radius 1 is 1.31 bits per heavy atom. The number of carboxylic acids is 1. The van der Waals surface area contributed by atoms with Crippen LogP contribution < -0.4 is 5.73 Å². The molecule has 5 nitrogen and oxygen atoms in total. The first-order valence-electron chi connectivity index (χ1n) is 4.26. The lowest BCUT2D eigenvalue weighted by molar-refractivity contribution is -0.134. The van der Waals surface area contributed by atoms with Gasteiger partial charge in [-0.2, -0.15) is 0 Å². The van der Waals surface area contributed by atoms with Gasteiger partial charge in [-0.1, -0.05) is 0 Å². The fourth-order valence-electron chi connectivity index (χ4n) is 1.18. The van der Waals surface area contributed by atoms with Crippen molar-refractivity contribution in [2.75, 3.05) is 0 Å². The van der Waals surface area contributed by atoms with Gasteiger partial charge in [0.25, 0.3) is 5.97 Å². The fraction of sp³-hybridized carbons (Fsp3) is 0.875. The fourth-order valence-corrected chi connectivity index (χ4v) is 1.18. The minimum atomic E-state index is -0.833. The molecule has 0 aromatic heterocycles. The molecular weight excluding hydrogens is 174 g/mol. The molecule has 1 rings (SSSR count). The summed E-state index contributed by atoms with van der Waals surface area (Å²) in [5, 5.41) is 25.5. The van der Waals surface area contributed by atoms with Crippen LogP contribution in [0.25, 0.3) is 0 Å². The summed E-state index contributed by atoms with van der Waals surface area (Å²) in [5.41, 5.74) is 5.42. The van der Waals surface area contributed by atoms with Crippen LogP contribution in [0.15, 0.2) is 0 Å². The molecule has 2 unspecified atom stereocenters. The summed E-state index contributed by atoms with van der Waals surface area (Å²) in [4.78, 5) is 9.00. The molecule has 1 aliphatic rings. The van der Waals surface area contributed by atoms with E-state index in [-0.39, 0.29) is 0 Å². The van der Waals surface area contributed by atoms with Crippen molar-refractivity contribution in [1.29, 1.82) is 0 Å². The van der Waals surface area contributed by atoms with Crippen molar-refractivity contribution in [3.63, 3.8) is 0 Å². The van der Waals surface area contributed by atoms with Crippen LogP contribution in [0.3, 0.4) is 0 Å². The van der Waals surface area contributed by atoms with Gasteiger partial charge in [0.1, 0.15) is 0 Å². The Labute approximate surface area is 77.2 Å². The number of hydrogen-bond donors (Lipinski definition) is 4. The first kappa shape index (κ1) is 12.3. The Morgan fingerprint density at radius 3 is 1.85 bits per heavy atom. The number of aliphatic carboxylic acids is 1. The lowest BCUT2D eigenvalue weighted by Crippen LogP contribution is -2.47. The highest BCUT2D eigenvalue weighted by Gasteiger charge is 2.26. The molecule has 1 fully saturated rings. The lowest BCUT2D eigenvalue weighted by Gasteiger charge is -2.28. The zero-order chi connectivity index (χ0) is 10.4. The summed E-state index contributed by atoms with van der Waals surface area (Å²) in [6.07, 6.45) is 1.37. The molecule has 0 bridgehead atoms. The second-order valence-corrected chi connectivity index (χ2v) is 3.16. The maximum atomic E-state index is 9.06. The third-order valence-corrected chi connectivity index (χ3v) is 1.89. The Bertz CT molecular complexity index is 148. The summed E-state index contributed by atoms with van der Waals surface area (Å²) in [7, 11) is 0. The van der Waals surface area contributed by atoms with Gasteiger partial charge in [-0.05, 0) is 19.3 Å². The number of rotatable bonds is 0. The van der Waals surface area contributed by atoms with E-state index in [2.05, 4.69) is 0 Å². The summed E-state index contributed by atoms with van der Waals surface area (Å²) in [5.74, 6) is -0.833. The molecule has 5 heteroatoms. The average Bonchev–Trinajstić information content (AvgIpc) is 1.99. The Kier molecular flexibility index (Phi) is 5.61. The van der Waals surface area contributed by atoms with E-state index in [4.69, 9.17) is 25.8 Å². The minimum absolute atomic E-state index is 0.418. The molecule has 0 aromatic carbocycles. The van der Waals surface area contributed by atoms with Crippen LogP contribution in [0.4, 0.5) is 0 Å². The smallest absolute Gasteiger partial charge is 0.300 e. The van der Waals surface area contributed by atoms with Crippen LogP contribution in [0, 0.1) is 0 Å². The predicted octanol–water partition coefficient (Wildman–Crippen LogP) is -0.690. The largest absolute Gasteiger partial charge is 0.481 e. The maximum Gasteiger partial charge on any atom is 0.300 e. The highest BCUT2D eigenvalue weighted by molar-refractivity contribution is 5.62. The van der Waals surface area contributed by atoms with E-state index in [1.807, 2.05) is 0 Å². The SMILES string of the molecule is CC(=O)O.NC1C(O)CCC[C@H]1O. The average molecular weight is 191 g/mol. The van der Waals surface area contributed by atoms with Crippen LogP contribution in [0.5, 0.6) is 0 Å². The molecule has 1 saturated carbocycles. The van der Waals surface area contributed by atoms with E-state index < -0.39 is 24.2 Å². The topological polar surface area (TPSA) is 104 Å². The molecule has 0 aliphatic heterocycles. The molecule has 0 amide bonds. The molecule has 5 N–H and O–H groups in total. The summed E-state index contributed by atoms with van der Waals surface area (Å²) in [6.45, 7) is 1.08. The standard InChI is InChI=1S/C6H13NO2.C2H4O2/c7-6-4(8)2-1-3-5(6)9;1-2(3)4/h4-6,8-9H,1-3,7H2;1H3,(H,3,4)/t4-,5?,6?;/m1./s1. The summed E-state index contributed by atoms with van der Waals surface area (Å²) in [6, 6.07) is -0.418. The predicted molar refractivity (Wildman–Crippen MR) is 47.1 cm³/mol. The number of carboxylic acid groups (broad SMARTS) is 1. The van der Waals surface area contributed by atoms with Gasteiger partial charge in [-0.25, -0.2) is 0 Å². The zero-order valence-electron chi connectivity index (χ0n) is 7.68. The number of aliphatic hydroxyl groups is 2. The molecule has 78 valence electrons. The van der Waals surface area contributed by atoms with Gasteiger partial charge in [0.05, 0.1) is 18.2 Å². The van der Waals surface area contributed by atoms with Crippen molar-refractivity contribution < 1.29 is 20.1 Å². The van der Waals surface area contributed by atoms with Crippen molar-refractivity contribution in [2.24, 2.45) is 5.73 Å². The summed E-state index contributed by atoms with van der Waals surface area (Å²) >= 11 is 0. The zero-order valence-corrected chi connectivity index (χ0v) is 7.68. The van der Waals surface area contributed by atoms with Crippen LogP contribution >= 0.6 is 0 Å². The second kappa shape index (κ2) is 5.90.